The van der Waals surface area contributed by atoms with Crippen molar-refractivity contribution < 1.29 is 17.9 Å². The van der Waals surface area contributed by atoms with E-state index < -0.39 is 16.1 Å². The van der Waals surface area contributed by atoms with Crippen LogP contribution in [0, 0.1) is 5.92 Å². The molecule has 1 amide bonds. The van der Waals surface area contributed by atoms with Gasteiger partial charge in [0.25, 0.3) is 0 Å². The van der Waals surface area contributed by atoms with E-state index in [2.05, 4.69) is 15.0 Å². The number of rotatable bonds is 9. The first kappa shape index (κ1) is 20.9. The van der Waals surface area contributed by atoms with Gasteiger partial charge in [0.1, 0.15) is 11.8 Å². The Labute approximate surface area is 160 Å². The molecule has 2 N–H and O–H groups in total. The zero-order valence-corrected chi connectivity index (χ0v) is 16.5. The van der Waals surface area contributed by atoms with Gasteiger partial charge in [0, 0.05) is 18.9 Å². The summed E-state index contributed by atoms with van der Waals surface area (Å²) in [6.45, 7) is 6.20. The highest BCUT2D eigenvalue weighted by Crippen LogP contribution is 2.17. The number of carbonyl (C=O) groups is 1. The Bertz CT molecular complexity index is 837. The van der Waals surface area contributed by atoms with E-state index in [-0.39, 0.29) is 23.3 Å². The molecule has 0 aliphatic carbocycles. The lowest BCUT2D eigenvalue weighted by atomic mass is 10.0. The van der Waals surface area contributed by atoms with E-state index >= 15 is 0 Å². The van der Waals surface area contributed by atoms with E-state index in [1.165, 1.54) is 12.1 Å². The van der Waals surface area contributed by atoms with Gasteiger partial charge in [0.15, 0.2) is 0 Å². The van der Waals surface area contributed by atoms with Crippen LogP contribution in [0.2, 0.25) is 0 Å². The smallest absolute Gasteiger partial charge is 0.241 e. The molecule has 0 bridgehead atoms. The Morgan fingerprint density at radius 3 is 2.44 bits per heavy atom. The summed E-state index contributed by atoms with van der Waals surface area (Å²) < 4.78 is 33.1. The lowest BCUT2D eigenvalue weighted by Gasteiger charge is -2.21. The zero-order valence-electron chi connectivity index (χ0n) is 15.7. The first-order chi connectivity index (χ1) is 12.8. The summed E-state index contributed by atoms with van der Waals surface area (Å²) in [5.41, 5.74) is 0.836. The Morgan fingerprint density at radius 1 is 1.19 bits per heavy atom. The van der Waals surface area contributed by atoms with Crippen LogP contribution in [-0.4, -0.2) is 32.0 Å². The van der Waals surface area contributed by atoms with Crippen molar-refractivity contribution in [3.8, 4) is 5.75 Å². The Kier molecular flexibility index (Phi) is 7.32. The highest BCUT2D eigenvalue weighted by atomic mass is 32.2. The van der Waals surface area contributed by atoms with E-state index in [1.807, 2.05) is 13.0 Å². The van der Waals surface area contributed by atoms with Crippen molar-refractivity contribution in [3.63, 3.8) is 0 Å². The normalized spacial score (nSPS) is 12.6. The van der Waals surface area contributed by atoms with Crippen molar-refractivity contribution in [2.24, 2.45) is 5.92 Å². The maximum Gasteiger partial charge on any atom is 0.241 e. The van der Waals surface area contributed by atoms with Crippen LogP contribution in [0.3, 0.4) is 0 Å². The number of hydrogen-bond acceptors (Lipinski definition) is 5. The van der Waals surface area contributed by atoms with Gasteiger partial charge in [-0.05, 0) is 48.7 Å². The molecule has 1 aromatic carbocycles. The minimum absolute atomic E-state index is 0.0802. The molecule has 1 aromatic heterocycles. The highest BCUT2D eigenvalue weighted by Gasteiger charge is 2.28. The second-order valence-electron chi connectivity index (χ2n) is 6.33. The first-order valence-corrected chi connectivity index (χ1v) is 10.2. The van der Waals surface area contributed by atoms with Crippen molar-refractivity contribution in [1.82, 2.24) is 15.0 Å². The molecular weight excluding hydrogens is 366 g/mol. The van der Waals surface area contributed by atoms with Crippen molar-refractivity contribution in [3.05, 3.63) is 54.4 Å². The van der Waals surface area contributed by atoms with E-state index in [9.17, 15) is 13.2 Å². The average molecular weight is 391 g/mol. The fourth-order valence-electron chi connectivity index (χ4n) is 2.41. The molecule has 2 aromatic rings. The number of sulfonamides is 1. The molecule has 7 nitrogen and oxygen atoms in total. The molecule has 8 heteroatoms. The third-order valence-corrected chi connectivity index (χ3v) is 5.32. The minimum atomic E-state index is -3.84. The Hall–Kier alpha value is -2.45. The van der Waals surface area contributed by atoms with E-state index in [0.29, 0.717) is 12.4 Å². The molecule has 0 fully saturated rings. The Morgan fingerprint density at radius 2 is 1.89 bits per heavy atom. The summed E-state index contributed by atoms with van der Waals surface area (Å²) in [4.78, 5) is 16.6. The molecule has 0 saturated heterocycles. The van der Waals surface area contributed by atoms with Gasteiger partial charge in [0.05, 0.1) is 11.5 Å². The summed E-state index contributed by atoms with van der Waals surface area (Å²) >= 11 is 0. The largest absolute Gasteiger partial charge is 0.494 e. The average Bonchev–Trinajstić information content (AvgIpc) is 2.65. The maximum absolute atomic E-state index is 12.7. The zero-order chi connectivity index (χ0) is 19.9. The summed E-state index contributed by atoms with van der Waals surface area (Å²) in [7, 11) is -3.84. The SMILES string of the molecule is CCOc1ccc(S(=O)(=O)N[C@@H](C(=O)NCc2cccnc2)C(C)C)cc1. The second kappa shape index (κ2) is 9.48. The number of carbonyl (C=O) groups excluding carboxylic acids is 1. The van der Waals surface area contributed by atoms with Crippen LogP contribution in [0.15, 0.2) is 53.7 Å². The number of pyridine rings is 1. The van der Waals surface area contributed by atoms with Gasteiger partial charge >= 0.3 is 0 Å². The number of ether oxygens (including phenoxy) is 1. The lowest BCUT2D eigenvalue weighted by molar-refractivity contribution is -0.123. The molecule has 0 aliphatic rings. The van der Waals surface area contributed by atoms with E-state index in [0.717, 1.165) is 5.56 Å². The lowest BCUT2D eigenvalue weighted by Crippen LogP contribution is -2.49. The minimum Gasteiger partial charge on any atom is -0.494 e. The number of hydrogen-bond donors (Lipinski definition) is 2. The molecule has 0 aliphatic heterocycles. The van der Waals surface area contributed by atoms with Crippen LogP contribution in [0.1, 0.15) is 26.3 Å². The van der Waals surface area contributed by atoms with Gasteiger partial charge in [-0.3, -0.25) is 9.78 Å². The topological polar surface area (TPSA) is 97.4 Å². The Balaban J connectivity index is 2.08. The summed E-state index contributed by atoms with van der Waals surface area (Å²) in [5.74, 6) is -0.0224. The summed E-state index contributed by atoms with van der Waals surface area (Å²) in [6.07, 6.45) is 3.29. The third-order valence-electron chi connectivity index (χ3n) is 3.87. The number of nitrogens with zero attached hydrogens (tertiary/aromatic N) is 1. The van der Waals surface area contributed by atoms with Crippen LogP contribution in [0.4, 0.5) is 0 Å². The molecule has 1 atom stereocenters. The van der Waals surface area contributed by atoms with Crippen LogP contribution < -0.4 is 14.8 Å². The van der Waals surface area contributed by atoms with Gasteiger partial charge < -0.3 is 10.1 Å². The monoisotopic (exact) mass is 391 g/mol. The van der Waals surface area contributed by atoms with Crippen LogP contribution in [0.25, 0.3) is 0 Å². The summed E-state index contributed by atoms with van der Waals surface area (Å²) in [5, 5.41) is 2.75. The number of benzene rings is 1. The number of amides is 1. The van der Waals surface area contributed by atoms with Crippen molar-refractivity contribution in [2.45, 2.75) is 38.3 Å². The standard InChI is InChI=1S/C19H25N3O4S/c1-4-26-16-7-9-17(10-8-16)27(24,25)22-18(14(2)3)19(23)21-13-15-6-5-11-20-12-15/h5-12,14,18,22H,4,13H2,1-3H3,(H,21,23)/t18-/m1/s1. The van der Waals surface area contributed by atoms with Crippen molar-refractivity contribution in [1.29, 1.82) is 0 Å². The van der Waals surface area contributed by atoms with Crippen molar-refractivity contribution >= 4 is 15.9 Å². The van der Waals surface area contributed by atoms with Gasteiger partial charge in [-0.15, -0.1) is 0 Å². The van der Waals surface area contributed by atoms with E-state index in [4.69, 9.17) is 4.74 Å². The molecule has 0 saturated carbocycles. The number of nitrogens with one attached hydrogen (secondary N) is 2. The molecule has 27 heavy (non-hydrogen) atoms. The molecule has 0 radical (unpaired) electrons. The van der Waals surface area contributed by atoms with Crippen molar-refractivity contribution in [2.75, 3.05) is 6.61 Å². The molecule has 146 valence electrons. The quantitative estimate of drug-likeness (QED) is 0.682. The highest BCUT2D eigenvalue weighted by molar-refractivity contribution is 7.89. The predicted octanol–water partition coefficient (Wildman–Crippen LogP) is 2.10. The predicted molar refractivity (Wildman–Crippen MR) is 103 cm³/mol. The van der Waals surface area contributed by atoms with Gasteiger partial charge in [-0.25, -0.2) is 8.42 Å². The fourth-order valence-corrected chi connectivity index (χ4v) is 3.76. The third kappa shape index (κ3) is 6.04. The van der Waals surface area contributed by atoms with Crippen LogP contribution >= 0.6 is 0 Å². The molecule has 2 rings (SSSR count). The molecule has 0 spiro atoms. The molecule has 0 unspecified atom stereocenters. The van der Waals surface area contributed by atoms with E-state index in [1.54, 1.807) is 44.4 Å². The number of aromatic nitrogens is 1. The summed E-state index contributed by atoms with van der Waals surface area (Å²) in [6, 6.07) is 8.81. The first-order valence-electron chi connectivity index (χ1n) is 8.75. The van der Waals surface area contributed by atoms with Crippen LogP contribution in [0.5, 0.6) is 5.75 Å². The fraction of sp³-hybridized carbons (Fsp3) is 0.368. The van der Waals surface area contributed by atoms with Gasteiger partial charge in [0.2, 0.25) is 15.9 Å². The van der Waals surface area contributed by atoms with Gasteiger partial charge in [-0.1, -0.05) is 19.9 Å². The van der Waals surface area contributed by atoms with Crippen LogP contribution in [-0.2, 0) is 21.4 Å². The van der Waals surface area contributed by atoms with Gasteiger partial charge in [-0.2, -0.15) is 4.72 Å². The molecular formula is C19H25N3O4S. The molecule has 1 heterocycles. The second-order valence-corrected chi connectivity index (χ2v) is 8.04. The maximum atomic E-state index is 12.7.